The van der Waals surface area contributed by atoms with Crippen LogP contribution in [0.1, 0.15) is 0 Å². The minimum atomic E-state index is -3.97. The molecule has 0 atom stereocenters. The molecule has 0 saturated heterocycles. The van der Waals surface area contributed by atoms with Gasteiger partial charge in [-0.25, -0.2) is 13.3 Å². The van der Waals surface area contributed by atoms with E-state index in [0.29, 0.717) is 0 Å². The normalized spacial score (nSPS) is 15.2. The van der Waals surface area contributed by atoms with Crippen molar-refractivity contribution in [2.75, 3.05) is 12.0 Å². The Hall–Kier alpha value is -1.86. The molecule has 2 rings (SSSR count). The summed E-state index contributed by atoms with van der Waals surface area (Å²) in [6, 6.07) is 3.74. The maximum atomic E-state index is 11.5. The summed E-state index contributed by atoms with van der Waals surface area (Å²) in [6.07, 6.45) is 2.25. The van der Waals surface area contributed by atoms with E-state index in [1.54, 1.807) is 0 Å². The average Bonchev–Trinajstić information content (AvgIpc) is 2.67. The number of imide groups is 1. The van der Waals surface area contributed by atoms with Gasteiger partial charge in [0.1, 0.15) is 10.6 Å². The molecule has 0 radical (unpaired) electrons. The number of benzene rings is 1. The summed E-state index contributed by atoms with van der Waals surface area (Å²) in [5.74, 6) is -1.05. The highest BCUT2D eigenvalue weighted by atomic mass is 35.7. The summed E-state index contributed by atoms with van der Waals surface area (Å²) in [7, 11) is 2.54. The number of methoxy groups -OCH3 is 1. The van der Waals surface area contributed by atoms with Gasteiger partial charge < -0.3 is 4.74 Å². The molecule has 0 N–H and O–H groups in total. The molecule has 1 heterocycles. The quantitative estimate of drug-likeness (QED) is 0.616. The topological polar surface area (TPSA) is 80.8 Å². The number of hydrogen-bond donors (Lipinski definition) is 0. The molecule has 0 aliphatic carbocycles. The van der Waals surface area contributed by atoms with Gasteiger partial charge in [0.05, 0.1) is 12.8 Å². The number of amides is 2. The molecule has 8 heteroatoms. The third kappa shape index (κ3) is 2.47. The minimum Gasteiger partial charge on any atom is -0.495 e. The van der Waals surface area contributed by atoms with E-state index in [1.807, 2.05) is 0 Å². The first-order valence-electron chi connectivity index (χ1n) is 5.03. The number of halogens is 1. The zero-order valence-electron chi connectivity index (χ0n) is 9.66. The lowest BCUT2D eigenvalue weighted by atomic mass is 10.2. The van der Waals surface area contributed by atoms with Crippen LogP contribution in [-0.2, 0) is 18.6 Å². The molecular weight excluding hydrogens is 294 g/mol. The average molecular weight is 302 g/mol. The number of hydrogen-bond acceptors (Lipinski definition) is 5. The van der Waals surface area contributed by atoms with E-state index in [4.69, 9.17) is 15.4 Å². The highest BCUT2D eigenvalue weighted by molar-refractivity contribution is 8.13. The molecule has 0 bridgehead atoms. The fourth-order valence-corrected chi connectivity index (χ4v) is 2.65. The van der Waals surface area contributed by atoms with Crippen LogP contribution >= 0.6 is 10.7 Å². The van der Waals surface area contributed by atoms with Gasteiger partial charge >= 0.3 is 0 Å². The molecule has 0 fully saturated rings. The lowest BCUT2D eigenvalue weighted by Gasteiger charge is -2.15. The fourth-order valence-electron chi connectivity index (χ4n) is 1.65. The zero-order valence-corrected chi connectivity index (χ0v) is 11.2. The van der Waals surface area contributed by atoms with Gasteiger partial charge in [-0.2, -0.15) is 0 Å². The molecule has 6 nitrogen and oxygen atoms in total. The molecule has 2 amide bonds. The van der Waals surface area contributed by atoms with Crippen molar-refractivity contribution in [2.24, 2.45) is 0 Å². The first kappa shape index (κ1) is 13.6. The third-order valence-corrected chi connectivity index (χ3v) is 3.84. The maximum absolute atomic E-state index is 11.5. The smallest absolute Gasteiger partial charge is 0.264 e. The summed E-state index contributed by atoms with van der Waals surface area (Å²) in [4.78, 5) is 23.7. The SMILES string of the molecule is COc1cc(N2C(=O)C=CC2=O)ccc1S(=O)(=O)Cl. The van der Waals surface area contributed by atoms with Crippen LogP contribution in [0.15, 0.2) is 35.2 Å². The third-order valence-electron chi connectivity index (χ3n) is 2.48. The number of ether oxygens (including phenoxy) is 1. The van der Waals surface area contributed by atoms with Gasteiger partial charge in [-0.05, 0) is 12.1 Å². The Morgan fingerprint density at radius 3 is 2.21 bits per heavy atom. The highest BCUT2D eigenvalue weighted by Gasteiger charge is 2.27. The fraction of sp³-hybridized carbons (Fsp3) is 0.0909. The van der Waals surface area contributed by atoms with Crippen LogP contribution in [-0.4, -0.2) is 27.3 Å². The predicted molar refractivity (Wildman–Crippen MR) is 67.7 cm³/mol. The van der Waals surface area contributed by atoms with Crippen molar-refractivity contribution >= 4 is 37.2 Å². The van der Waals surface area contributed by atoms with Gasteiger partial charge in [-0.15, -0.1) is 0 Å². The Kier molecular flexibility index (Phi) is 3.34. The second-order valence-corrected chi connectivity index (χ2v) is 6.15. The molecule has 1 aromatic carbocycles. The van der Waals surface area contributed by atoms with Crippen molar-refractivity contribution in [3.8, 4) is 5.75 Å². The molecule has 0 unspecified atom stereocenters. The van der Waals surface area contributed by atoms with Crippen molar-refractivity contribution in [3.05, 3.63) is 30.4 Å². The molecule has 0 saturated carbocycles. The van der Waals surface area contributed by atoms with Gasteiger partial charge in [0.15, 0.2) is 0 Å². The predicted octanol–water partition coefficient (Wildman–Crippen LogP) is 1.05. The second kappa shape index (κ2) is 4.67. The molecule has 0 aromatic heterocycles. The van der Waals surface area contributed by atoms with Crippen LogP contribution in [0.25, 0.3) is 0 Å². The number of rotatable bonds is 3. The molecule has 19 heavy (non-hydrogen) atoms. The van der Waals surface area contributed by atoms with Crippen LogP contribution in [0, 0.1) is 0 Å². The molecule has 1 aromatic rings. The van der Waals surface area contributed by atoms with Gasteiger partial charge in [-0.3, -0.25) is 9.59 Å². The van der Waals surface area contributed by atoms with Crippen LogP contribution in [0.3, 0.4) is 0 Å². The molecule has 0 spiro atoms. The Bertz CT molecular complexity index is 677. The lowest BCUT2D eigenvalue weighted by Crippen LogP contribution is -2.29. The van der Waals surface area contributed by atoms with Crippen LogP contribution in [0.2, 0.25) is 0 Å². The number of nitrogens with zero attached hydrogens (tertiary/aromatic N) is 1. The summed E-state index contributed by atoms with van der Waals surface area (Å²) >= 11 is 0. The van der Waals surface area contributed by atoms with Crippen molar-refractivity contribution in [3.63, 3.8) is 0 Å². The van der Waals surface area contributed by atoms with Crippen LogP contribution in [0.5, 0.6) is 5.75 Å². The second-order valence-electron chi connectivity index (χ2n) is 3.62. The van der Waals surface area contributed by atoms with Gasteiger partial charge in [-0.1, -0.05) is 0 Å². The summed E-state index contributed by atoms with van der Waals surface area (Å²) < 4.78 is 27.5. The maximum Gasteiger partial charge on any atom is 0.264 e. The van der Waals surface area contributed by atoms with E-state index >= 15 is 0 Å². The van der Waals surface area contributed by atoms with Gasteiger partial charge in [0.25, 0.3) is 20.9 Å². The van der Waals surface area contributed by atoms with E-state index in [9.17, 15) is 18.0 Å². The molecule has 1 aliphatic heterocycles. The molecular formula is C11H8ClNO5S. The summed E-state index contributed by atoms with van der Waals surface area (Å²) in [5, 5.41) is 0. The number of anilines is 1. The van der Waals surface area contributed by atoms with E-state index in [1.165, 1.54) is 25.3 Å². The van der Waals surface area contributed by atoms with Crippen LogP contribution < -0.4 is 9.64 Å². The van der Waals surface area contributed by atoms with E-state index in [-0.39, 0.29) is 16.3 Å². The van der Waals surface area contributed by atoms with Crippen molar-refractivity contribution in [1.29, 1.82) is 0 Å². The van der Waals surface area contributed by atoms with Gasteiger partial charge in [0.2, 0.25) is 0 Å². The Morgan fingerprint density at radius 1 is 1.16 bits per heavy atom. The number of carbonyl (C=O) groups is 2. The van der Waals surface area contributed by atoms with Crippen molar-refractivity contribution in [2.45, 2.75) is 4.90 Å². The van der Waals surface area contributed by atoms with E-state index < -0.39 is 20.9 Å². The Balaban J connectivity index is 2.52. The number of carbonyl (C=O) groups excluding carboxylic acids is 2. The van der Waals surface area contributed by atoms with E-state index in [0.717, 1.165) is 17.1 Å². The monoisotopic (exact) mass is 301 g/mol. The van der Waals surface area contributed by atoms with Crippen molar-refractivity contribution < 1.29 is 22.7 Å². The largest absolute Gasteiger partial charge is 0.495 e. The zero-order chi connectivity index (χ0) is 14.2. The first-order chi connectivity index (χ1) is 8.84. The summed E-state index contributed by atoms with van der Waals surface area (Å²) in [6.45, 7) is 0. The Labute approximate surface area is 113 Å². The first-order valence-corrected chi connectivity index (χ1v) is 7.34. The molecule has 100 valence electrons. The highest BCUT2D eigenvalue weighted by Crippen LogP contribution is 2.32. The minimum absolute atomic E-state index is 0.0417. The summed E-state index contributed by atoms with van der Waals surface area (Å²) in [5.41, 5.74) is 0.209. The van der Waals surface area contributed by atoms with Gasteiger partial charge in [0, 0.05) is 28.9 Å². The van der Waals surface area contributed by atoms with Crippen molar-refractivity contribution in [1.82, 2.24) is 0 Å². The lowest BCUT2D eigenvalue weighted by molar-refractivity contribution is -0.119. The van der Waals surface area contributed by atoms with E-state index in [2.05, 4.69) is 0 Å². The molecule has 1 aliphatic rings. The standard InChI is InChI=1S/C11H8ClNO5S/c1-18-8-6-7(2-3-9(8)19(12,16)17)13-10(14)4-5-11(13)15/h2-6H,1H3. The van der Waals surface area contributed by atoms with Crippen LogP contribution in [0.4, 0.5) is 5.69 Å². The Morgan fingerprint density at radius 2 is 1.74 bits per heavy atom.